The highest BCUT2D eigenvalue weighted by Crippen LogP contribution is 2.22. The van der Waals surface area contributed by atoms with Crippen LogP contribution in [-0.2, 0) is 6.42 Å². The Labute approximate surface area is 178 Å². The molecule has 4 heteroatoms. The van der Waals surface area contributed by atoms with E-state index < -0.39 is 0 Å². The molecule has 1 amide bonds. The smallest absolute Gasteiger partial charge is 0.259 e. The zero-order valence-corrected chi connectivity index (χ0v) is 17.5. The third kappa shape index (κ3) is 6.66. The van der Waals surface area contributed by atoms with Gasteiger partial charge in [-0.25, -0.2) is 0 Å². The van der Waals surface area contributed by atoms with Crippen molar-refractivity contribution >= 4 is 11.6 Å². The van der Waals surface area contributed by atoms with Crippen LogP contribution in [0.2, 0.25) is 0 Å². The summed E-state index contributed by atoms with van der Waals surface area (Å²) >= 11 is 0. The normalized spacial score (nSPS) is 10.4. The molecule has 0 saturated carbocycles. The van der Waals surface area contributed by atoms with E-state index in [-0.39, 0.29) is 5.91 Å². The monoisotopic (exact) mass is 403 g/mol. The van der Waals surface area contributed by atoms with Crippen molar-refractivity contribution in [2.45, 2.75) is 32.6 Å². The van der Waals surface area contributed by atoms with Crippen LogP contribution < -0.4 is 14.8 Å². The van der Waals surface area contributed by atoms with E-state index in [2.05, 4.69) is 24.4 Å². The summed E-state index contributed by atoms with van der Waals surface area (Å²) in [6, 6.07) is 25.0. The highest BCUT2D eigenvalue weighted by molar-refractivity contribution is 6.06. The minimum absolute atomic E-state index is 0.192. The Hall–Kier alpha value is -3.27. The lowest BCUT2D eigenvalue weighted by molar-refractivity contribution is 0.102. The third-order valence-corrected chi connectivity index (χ3v) is 4.73. The number of benzene rings is 3. The highest BCUT2D eigenvalue weighted by atomic mass is 16.5. The molecule has 3 rings (SSSR count). The van der Waals surface area contributed by atoms with Gasteiger partial charge < -0.3 is 14.8 Å². The quantitative estimate of drug-likeness (QED) is 0.392. The maximum atomic E-state index is 12.8. The predicted molar refractivity (Wildman–Crippen MR) is 121 cm³/mol. The molecule has 0 bridgehead atoms. The molecule has 1 N–H and O–H groups in total. The lowest BCUT2D eigenvalue weighted by Gasteiger charge is -2.12. The first-order chi connectivity index (χ1) is 14.8. The minimum atomic E-state index is -0.192. The molecule has 0 aliphatic heterocycles. The number of amides is 1. The van der Waals surface area contributed by atoms with Gasteiger partial charge in [0.2, 0.25) is 0 Å². The van der Waals surface area contributed by atoms with Crippen molar-refractivity contribution in [2.24, 2.45) is 0 Å². The van der Waals surface area contributed by atoms with Gasteiger partial charge in [0, 0.05) is 18.2 Å². The molecular formula is C26H29NO3. The molecule has 0 aliphatic carbocycles. The van der Waals surface area contributed by atoms with Gasteiger partial charge in [0.15, 0.2) is 0 Å². The van der Waals surface area contributed by atoms with Crippen molar-refractivity contribution in [3.05, 3.63) is 90.0 Å². The second-order valence-electron chi connectivity index (χ2n) is 7.12. The molecule has 3 aromatic carbocycles. The maximum Gasteiger partial charge on any atom is 0.259 e. The van der Waals surface area contributed by atoms with Gasteiger partial charge in [0.05, 0.1) is 18.8 Å². The molecule has 0 aliphatic rings. The first-order valence-corrected chi connectivity index (χ1v) is 10.6. The van der Waals surface area contributed by atoms with Crippen molar-refractivity contribution < 1.29 is 14.3 Å². The number of anilines is 1. The molecule has 156 valence electrons. The molecule has 0 heterocycles. The number of unbranched alkanes of at least 4 members (excludes halogenated alkanes) is 2. The van der Waals surface area contributed by atoms with Crippen molar-refractivity contribution in [1.82, 2.24) is 0 Å². The number of ether oxygens (including phenoxy) is 2. The van der Waals surface area contributed by atoms with Gasteiger partial charge in [0.1, 0.15) is 11.5 Å². The highest BCUT2D eigenvalue weighted by Gasteiger charge is 2.12. The number of nitrogens with one attached hydrogen (secondary N) is 1. The van der Waals surface area contributed by atoms with Gasteiger partial charge >= 0.3 is 0 Å². The van der Waals surface area contributed by atoms with E-state index >= 15 is 0 Å². The molecule has 30 heavy (non-hydrogen) atoms. The number of rotatable bonds is 11. The minimum Gasteiger partial charge on any atom is -0.493 e. The Morgan fingerprint density at radius 3 is 2.47 bits per heavy atom. The van der Waals surface area contributed by atoms with E-state index in [0.29, 0.717) is 30.2 Å². The number of carbonyl (C=O) groups is 1. The Morgan fingerprint density at radius 1 is 0.833 bits per heavy atom. The number of hydrogen-bond acceptors (Lipinski definition) is 3. The number of hydrogen-bond donors (Lipinski definition) is 1. The molecule has 4 nitrogen and oxygen atoms in total. The van der Waals surface area contributed by atoms with E-state index in [4.69, 9.17) is 9.47 Å². The molecule has 0 aromatic heterocycles. The van der Waals surface area contributed by atoms with Crippen LogP contribution in [0.4, 0.5) is 5.69 Å². The van der Waals surface area contributed by atoms with Crippen LogP contribution in [-0.4, -0.2) is 19.1 Å². The second kappa shape index (κ2) is 11.7. The fraction of sp³-hybridized carbons (Fsp3) is 0.269. The summed E-state index contributed by atoms with van der Waals surface area (Å²) in [5.41, 5.74) is 2.46. The van der Waals surface area contributed by atoms with Gasteiger partial charge in [-0.3, -0.25) is 4.79 Å². The van der Waals surface area contributed by atoms with Gasteiger partial charge in [-0.05, 0) is 36.2 Å². The SMILES string of the molecule is CCCCCOc1ccccc1C(=O)Nc1cccc(OCCc2ccccc2)c1. The van der Waals surface area contributed by atoms with Gasteiger partial charge in [-0.15, -0.1) is 0 Å². The summed E-state index contributed by atoms with van der Waals surface area (Å²) in [4.78, 5) is 12.8. The summed E-state index contributed by atoms with van der Waals surface area (Å²) in [6.07, 6.45) is 4.07. The van der Waals surface area contributed by atoms with Crippen molar-refractivity contribution in [1.29, 1.82) is 0 Å². The third-order valence-electron chi connectivity index (χ3n) is 4.73. The van der Waals surface area contributed by atoms with E-state index in [1.54, 1.807) is 6.07 Å². The summed E-state index contributed by atoms with van der Waals surface area (Å²) in [5.74, 6) is 1.15. The molecule has 0 spiro atoms. The Kier molecular flexibility index (Phi) is 8.34. The summed E-state index contributed by atoms with van der Waals surface area (Å²) in [7, 11) is 0. The van der Waals surface area contributed by atoms with Gasteiger partial charge in [-0.2, -0.15) is 0 Å². The average molecular weight is 404 g/mol. The first kappa shape index (κ1) is 21.4. The Morgan fingerprint density at radius 2 is 1.63 bits per heavy atom. The van der Waals surface area contributed by atoms with Crippen LogP contribution in [0.3, 0.4) is 0 Å². The van der Waals surface area contributed by atoms with E-state index in [0.717, 1.165) is 31.4 Å². The molecule has 0 fully saturated rings. The fourth-order valence-electron chi connectivity index (χ4n) is 3.11. The van der Waals surface area contributed by atoms with Crippen LogP contribution in [0.15, 0.2) is 78.9 Å². The zero-order chi connectivity index (χ0) is 21.0. The number of para-hydroxylation sites is 1. The predicted octanol–water partition coefficient (Wildman–Crippen LogP) is 6.13. The second-order valence-corrected chi connectivity index (χ2v) is 7.12. The molecule has 0 saturated heterocycles. The van der Waals surface area contributed by atoms with Crippen molar-refractivity contribution in [2.75, 3.05) is 18.5 Å². The topological polar surface area (TPSA) is 47.6 Å². The molecule has 0 radical (unpaired) electrons. The largest absolute Gasteiger partial charge is 0.493 e. The lowest BCUT2D eigenvalue weighted by Crippen LogP contribution is -2.14. The summed E-state index contributed by atoms with van der Waals surface area (Å²) < 4.78 is 11.7. The van der Waals surface area contributed by atoms with Crippen molar-refractivity contribution in [3.8, 4) is 11.5 Å². The van der Waals surface area contributed by atoms with Crippen molar-refractivity contribution in [3.63, 3.8) is 0 Å². The van der Waals surface area contributed by atoms with Crippen LogP contribution >= 0.6 is 0 Å². The van der Waals surface area contributed by atoms with E-state index in [9.17, 15) is 4.79 Å². The summed E-state index contributed by atoms with van der Waals surface area (Å²) in [5, 5.41) is 2.95. The number of carbonyl (C=O) groups excluding carboxylic acids is 1. The zero-order valence-electron chi connectivity index (χ0n) is 17.5. The fourth-order valence-corrected chi connectivity index (χ4v) is 3.11. The molecule has 0 unspecified atom stereocenters. The van der Waals surface area contributed by atoms with Gasteiger partial charge in [-0.1, -0.05) is 68.3 Å². The maximum absolute atomic E-state index is 12.8. The first-order valence-electron chi connectivity index (χ1n) is 10.6. The van der Waals surface area contributed by atoms with Crippen LogP contribution in [0.1, 0.15) is 42.1 Å². The van der Waals surface area contributed by atoms with Crippen LogP contribution in [0.25, 0.3) is 0 Å². The van der Waals surface area contributed by atoms with Crippen LogP contribution in [0.5, 0.6) is 11.5 Å². The average Bonchev–Trinajstić information content (AvgIpc) is 2.78. The molecule has 0 atom stereocenters. The van der Waals surface area contributed by atoms with Gasteiger partial charge in [0.25, 0.3) is 5.91 Å². The molecular weight excluding hydrogens is 374 g/mol. The Balaban J connectivity index is 1.57. The van der Waals surface area contributed by atoms with Crippen LogP contribution in [0, 0.1) is 0 Å². The molecule has 3 aromatic rings. The summed E-state index contributed by atoms with van der Waals surface area (Å²) in [6.45, 7) is 3.35. The lowest BCUT2D eigenvalue weighted by atomic mass is 10.1. The van der Waals surface area contributed by atoms with E-state index in [1.807, 2.05) is 60.7 Å². The standard InChI is InChI=1S/C26H29NO3/c1-2-3-9-18-30-25-16-8-7-15-24(25)26(28)27-22-13-10-14-23(20-22)29-19-17-21-11-5-4-6-12-21/h4-8,10-16,20H,2-3,9,17-19H2,1H3,(H,27,28). The Bertz CT molecular complexity index is 924. The van der Waals surface area contributed by atoms with E-state index in [1.165, 1.54) is 5.56 Å².